The smallest absolute Gasteiger partial charge is 0.349 e. The molecule has 0 aliphatic carbocycles. The van der Waals surface area contributed by atoms with Gasteiger partial charge in [-0.1, -0.05) is 32.9 Å². The van der Waals surface area contributed by atoms with Crippen molar-refractivity contribution in [2.24, 2.45) is 10.5 Å². The van der Waals surface area contributed by atoms with E-state index in [2.05, 4.69) is 30.9 Å². The molecule has 0 aliphatic heterocycles. The average Bonchev–Trinajstić information content (AvgIpc) is 2.66. The molecular weight excluding hydrogens is 370 g/mol. The fourth-order valence-electron chi connectivity index (χ4n) is 2.67. The Kier molecular flexibility index (Phi) is 5.87. The molecule has 0 saturated heterocycles. The largest absolute Gasteiger partial charge is 0.490 e. The van der Waals surface area contributed by atoms with Crippen LogP contribution in [-0.2, 0) is 0 Å². The van der Waals surface area contributed by atoms with Gasteiger partial charge in [-0.2, -0.15) is 5.10 Å². The van der Waals surface area contributed by atoms with Gasteiger partial charge in [0.05, 0.1) is 30.3 Å². The quantitative estimate of drug-likeness (QED) is 0.648. The minimum absolute atomic E-state index is 0.0158. The summed E-state index contributed by atoms with van der Waals surface area (Å²) in [6.45, 7) is 9.19. The van der Waals surface area contributed by atoms with Gasteiger partial charge in [-0.25, -0.2) is 4.79 Å². The first-order valence-corrected chi connectivity index (χ1v) is 9.46. The number of aromatic amines is 1. The zero-order chi connectivity index (χ0) is 21.0. The topological polar surface area (TPSA) is 85.7 Å². The van der Waals surface area contributed by atoms with Crippen LogP contribution in [0.15, 0.2) is 57.2 Å². The number of H-pyrrole nitrogens is 1. The second-order valence-electron chi connectivity index (χ2n) is 7.83. The Balaban J connectivity index is 1.93. The first kappa shape index (κ1) is 20.4. The van der Waals surface area contributed by atoms with Crippen LogP contribution in [0.1, 0.15) is 33.3 Å². The first-order valence-electron chi connectivity index (χ1n) is 9.46. The molecule has 3 aromatic rings. The molecular formula is C22H25N3O4. The number of ether oxygens (including phenoxy) is 2. The van der Waals surface area contributed by atoms with E-state index >= 15 is 0 Å². The Morgan fingerprint density at radius 3 is 2.55 bits per heavy atom. The van der Waals surface area contributed by atoms with Crippen molar-refractivity contribution in [1.82, 2.24) is 9.66 Å². The van der Waals surface area contributed by atoms with Crippen LogP contribution >= 0.6 is 0 Å². The van der Waals surface area contributed by atoms with Crippen molar-refractivity contribution in [3.05, 3.63) is 68.9 Å². The highest BCUT2D eigenvalue weighted by atomic mass is 16.5. The lowest BCUT2D eigenvalue weighted by molar-refractivity contribution is 0.188. The van der Waals surface area contributed by atoms with Crippen LogP contribution in [0.4, 0.5) is 0 Å². The zero-order valence-electron chi connectivity index (χ0n) is 17.1. The highest BCUT2D eigenvalue weighted by molar-refractivity contribution is 5.81. The minimum atomic E-state index is -0.597. The van der Waals surface area contributed by atoms with Gasteiger partial charge in [0.2, 0.25) is 0 Å². The third-order valence-corrected chi connectivity index (χ3v) is 4.03. The molecule has 0 spiro atoms. The van der Waals surface area contributed by atoms with Gasteiger partial charge in [-0.3, -0.25) is 4.79 Å². The maximum atomic E-state index is 12.6. The molecule has 1 aromatic heterocycles. The molecule has 0 saturated carbocycles. The fourth-order valence-corrected chi connectivity index (χ4v) is 2.67. The van der Waals surface area contributed by atoms with E-state index in [-0.39, 0.29) is 5.41 Å². The number of para-hydroxylation sites is 1. The maximum absolute atomic E-state index is 12.6. The van der Waals surface area contributed by atoms with Crippen LogP contribution in [0.2, 0.25) is 0 Å². The van der Waals surface area contributed by atoms with Crippen LogP contribution in [-0.4, -0.2) is 29.1 Å². The lowest BCUT2D eigenvalue weighted by atomic mass is 9.99. The molecule has 0 unspecified atom stereocenters. The molecule has 7 heteroatoms. The minimum Gasteiger partial charge on any atom is -0.490 e. The van der Waals surface area contributed by atoms with Gasteiger partial charge < -0.3 is 14.5 Å². The molecule has 0 fully saturated rings. The summed E-state index contributed by atoms with van der Waals surface area (Å²) in [6, 6.07) is 12.2. The maximum Gasteiger partial charge on any atom is 0.349 e. The van der Waals surface area contributed by atoms with Crippen molar-refractivity contribution in [3.63, 3.8) is 0 Å². The van der Waals surface area contributed by atoms with Gasteiger partial charge in [0.25, 0.3) is 5.56 Å². The summed E-state index contributed by atoms with van der Waals surface area (Å²) in [7, 11) is 0. The molecule has 0 atom stereocenters. The highest BCUT2D eigenvalue weighted by Gasteiger charge is 2.14. The second kappa shape index (κ2) is 8.34. The summed E-state index contributed by atoms with van der Waals surface area (Å²) in [5, 5.41) is 4.47. The van der Waals surface area contributed by atoms with Crippen molar-refractivity contribution in [3.8, 4) is 11.5 Å². The summed E-state index contributed by atoms with van der Waals surface area (Å²) in [6.07, 6.45) is 1.45. The predicted molar refractivity (Wildman–Crippen MR) is 114 cm³/mol. The lowest BCUT2D eigenvalue weighted by Gasteiger charge is -2.20. The van der Waals surface area contributed by atoms with Crippen molar-refractivity contribution in [1.29, 1.82) is 0 Å². The molecule has 0 radical (unpaired) electrons. The summed E-state index contributed by atoms with van der Waals surface area (Å²) < 4.78 is 12.4. The normalized spacial score (nSPS) is 11.9. The standard InChI is InChI=1S/C22H25N3O4/c1-5-28-19-12-15(10-11-18(19)29-14-22(2,3)4)13-23-25-20(26)16-8-6-7-9-17(16)24-21(25)27/h6-13H,5,14H2,1-4H3,(H,24,27). The first-order chi connectivity index (χ1) is 13.8. The molecule has 29 heavy (non-hydrogen) atoms. The number of benzene rings is 2. The van der Waals surface area contributed by atoms with Crippen molar-refractivity contribution in [2.45, 2.75) is 27.7 Å². The molecule has 7 nitrogen and oxygen atoms in total. The summed E-state index contributed by atoms with van der Waals surface area (Å²) in [5.74, 6) is 1.22. The molecule has 152 valence electrons. The number of rotatable bonds is 6. The molecule has 3 rings (SSSR count). The summed E-state index contributed by atoms with van der Waals surface area (Å²) >= 11 is 0. The summed E-state index contributed by atoms with van der Waals surface area (Å²) in [4.78, 5) is 27.4. The van der Waals surface area contributed by atoms with Gasteiger partial charge in [0.1, 0.15) is 0 Å². The van der Waals surface area contributed by atoms with Crippen molar-refractivity contribution >= 4 is 17.1 Å². The molecule has 0 bridgehead atoms. The van der Waals surface area contributed by atoms with E-state index in [1.165, 1.54) is 6.21 Å². The van der Waals surface area contributed by atoms with Crippen LogP contribution in [0.5, 0.6) is 11.5 Å². The zero-order valence-corrected chi connectivity index (χ0v) is 17.1. The van der Waals surface area contributed by atoms with E-state index in [9.17, 15) is 9.59 Å². The third-order valence-electron chi connectivity index (χ3n) is 4.03. The van der Waals surface area contributed by atoms with Gasteiger partial charge in [0, 0.05) is 0 Å². The number of hydrogen-bond donors (Lipinski definition) is 1. The number of nitrogens with one attached hydrogen (secondary N) is 1. The monoisotopic (exact) mass is 395 g/mol. The van der Waals surface area contributed by atoms with Gasteiger partial charge in [-0.15, -0.1) is 4.68 Å². The van der Waals surface area contributed by atoms with Gasteiger partial charge in [0.15, 0.2) is 11.5 Å². The van der Waals surface area contributed by atoms with Crippen LogP contribution in [0.3, 0.4) is 0 Å². The number of hydrogen-bond acceptors (Lipinski definition) is 5. The van der Waals surface area contributed by atoms with E-state index in [1.54, 1.807) is 42.5 Å². The third kappa shape index (κ3) is 4.93. The fraction of sp³-hybridized carbons (Fsp3) is 0.318. The molecule has 0 amide bonds. The SMILES string of the molecule is CCOc1cc(C=Nn2c(=O)[nH]c3ccccc3c2=O)ccc1OCC(C)(C)C. The molecule has 1 N–H and O–H groups in total. The Bertz CT molecular complexity index is 1150. The van der Waals surface area contributed by atoms with E-state index < -0.39 is 11.2 Å². The van der Waals surface area contributed by atoms with Gasteiger partial charge >= 0.3 is 5.69 Å². The lowest BCUT2D eigenvalue weighted by Crippen LogP contribution is -2.32. The number of nitrogens with zero attached hydrogens (tertiary/aromatic N) is 2. The Labute approximate surface area is 168 Å². The molecule has 2 aromatic carbocycles. The van der Waals surface area contributed by atoms with E-state index in [1.807, 2.05) is 6.92 Å². The van der Waals surface area contributed by atoms with Crippen LogP contribution < -0.4 is 20.7 Å². The molecule has 1 heterocycles. The van der Waals surface area contributed by atoms with E-state index in [4.69, 9.17) is 9.47 Å². The highest BCUT2D eigenvalue weighted by Crippen LogP contribution is 2.29. The van der Waals surface area contributed by atoms with Crippen molar-refractivity contribution < 1.29 is 9.47 Å². The predicted octanol–water partition coefficient (Wildman–Crippen LogP) is 3.40. The Morgan fingerprint density at radius 2 is 1.83 bits per heavy atom. The Hall–Kier alpha value is -3.35. The van der Waals surface area contributed by atoms with E-state index in [0.29, 0.717) is 41.2 Å². The van der Waals surface area contributed by atoms with Crippen molar-refractivity contribution in [2.75, 3.05) is 13.2 Å². The Morgan fingerprint density at radius 1 is 1.07 bits per heavy atom. The van der Waals surface area contributed by atoms with Crippen LogP contribution in [0.25, 0.3) is 10.9 Å². The molecule has 0 aliphatic rings. The van der Waals surface area contributed by atoms with Gasteiger partial charge in [-0.05, 0) is 48.2 Å². The average molecular weight is 395 g/mol. The second-order valence-corrected chi connectivity index (χ2v) is 7.83. The van der Waals surface area contributed by atoms with Crippen LogP contribution in [0, 0.1) is 5.41 Å². The summed E-state index contributed by atoms with van der Waals surface area (Å²) in [5.41, 5.74) is 0.0989. The van der Waals surface area contributed by atoms with E-state index in [0.717, 1.165) is 4.68 Å². The number of aromatic nitrogens is 2. The number of fused-ring (bicyclic) bond motifs is 1.